The summed E-state index contributed by atoms with van der Waals surface area (Å²) in [5, 5.41) is 3.60. The van der Waals surface area contributed by atoms with Crippen LogP contribution in [-0.2, 0) is 9.53 Å². The number of rotatable bonds is 4. The molecule has 2 saturated heterocycles. The highest BCUT2D eigenvalue weighted by atomic mass is 35.5. The average Bonchev–Trinajstić information content (AvgIpc) is 3.24. The second-order valence-corrected chi connectivity index (χ2v) is 9.66. The molecule has 174 valence electrons. The van der Waals surface area contributed by atoms with Crippen LogP contribution in [0, 0.1) is 5.92 Å². The van der Waals surface area contributed by atoms with Crippen LogP contribution >= 0.6 is 11.6 Å². The van der Waals surface area contributed by atoms with Gasteiger partial charge >= 0.3 is 0 Å². The molecule has 0 radical (unpaired) electrons. The molecule has 3 aliphatic rings. The van der Waals surface area contributed by atoms with Crippen LogP contribution in [0.25, 0.3) is 0 Å². The first kappa shape index (κ1) is 22.2. The maximum Gasteiger partial charge on any atom is 0.254 e. The summed E-state index contributed by atoms with van der Waals surface area (Å²) in [6.07, 6.45) is 5.00. The Bertz CT molecular complexity index is 1010. The minimum atomic E-state index is -0.469. The van der Waals surface area contributed by atoms with Crippen molar-refractivity contribution in [1.29, 1.82) is 0 Å². The summed E-state index contributed by atoms with van der Waals surface area (Å²) in [7, 11) is 0. The van der Waals surface area contributed by atoms with Crippen molar-refractivity contribution in [2.75, 3.05) is 36.5 Å². The molecule has 3 unspecified atom stereocenters. The van der Waals surface area contributed by atoms with E-state index in [0.29, 0.717) is 22.9 Å². The van der Waals surface area contributed by atoms with E-state index in [1.807, 2.05) is 29.2 Å². The SMILES string of the molecule is O=C(Nc1ccc(N2CCOCC2)cc1)C1CC2CCCCC2N1C(=O)c1cccc(Cl)c1. The van der Waals surface area contributed by atoms with E-state index < -0.39 is 6.04 Å². The molecule has 1 saturated carbocycles. The smallest absolute Gasteiger partial charge is 0.254 e. The Morgan fingerprint density at radius 3 is 2.52 bits per heavy atom. The zero-order chi connectivity index (χ0) is 22.8. The zero-order valence-electron chi connectivity index (χ0n) is 18.7. The number of likely N-dealkylation sites (tertiary alicyclic amines) is 1. The lowest BCUT2D eigenvalue weighted by Crippen LogP contribution is -2.47. The first-order valence-electron chi connectivity index (χ1n) is 11.9. The van der Waals surface area contributed by atoms with Crippen molar-refractivity contribution in [3.8, 4) is 0 Å². The van der Waals surface area contributed by atoms with E-state index in [0.717, 1.165) is 63.4 Å². The quantitative estimate of drug-likeness (QED) is 0.714. The molecule has 0 spiro atoms. The van der Waals surface area contributed by atoms with Crippen molar-refractivity contribution in [2.24, 2.45) is 5.92 Å². The van der Waals surface area contributed by atoms with Crippen LogP contribution < -0.4 is 10.2 Å². The Hall–Kier alpha value is -2.57. The van der Waals surface area contributed by atoms with Gasteiger partial charge in [-0.15, -0.1) is 0 Å². The third-order valence-electron chi connectivity index (χ3n) is 7.21. The molecule has 3 atom stereocenters. The topological polar surface area (TPSA) is 61.9 Å². The summed E-state index contributed by atoms with van der Waals surface area (Å²) in [5.74, 6) is 0.162. The molecule has 2 amide bonds. The Balaban J connectivity index is 1.33. The molecule has 0 aromatic heterocycles. The van der Waals surface area contributed by atoms with Gasteiger partial charge in [-0.1, -0.05) is 30.5 Å². The fraction of sp³-hybridized carbons (Fsp3) is 0.462. The average molecular weight is 468 g/mol. The van der Waals surface area contributed by atoms with Crippen molar-refractivity contribution < 1.29 is 14.3 Å². The maximum atomic E-state index is 13.5. The van der Waals surface area contributed by atoms with Gasteiger partial charge in [-0.05, 0) is 67.6 Å². The molecular weight excluding hydrogens is 438 g/mol. The fourth-order valence-electron chi connectivity index (χ4n) is 5.56. The molecule has 2 heterocycles. The largest absolute Gasteiger partial charge is 0.378 e. The molecule has 0 bridgehead atoms. The van der Waals surface area contributed by atoms with Gasteiger partial charge in [0, 0.05) is 41.1 Å². The van der Waals surface area contributed by atoms with Gasteiger partial charge in [0.1, 0.15) is 6.04 Å². The summed E-state index contributed by atoms with van der Waals surface area (Å²) in [6, 6.07) is 14.6. The fourth-order valence-corrected chi connectivity index (χ4v) is 5.75. The lowest BCUT2D eigenvalue weighted by Gasteiger charge is -2.33. The van der Waals surface area contributed by atoms with Gasteiger partial charge in [0.15, 0.2) is 0 Å². The van der Waals surface area contributed by atoms with Gasteiger partial charge in [0.2, 0.25) is 5.91 Å². The highest BCUT2D eigenvalue weighted by molar-refractivity contribution is 6.31. The van der Waals surface area contributed by atoms with E-state index in [2.05, 4.69) is 10.2 Å². The van der Waals surface area contributed by atoms with Gasteiger partial charge in [0.25, 0.3) is 5.91 Å². The second kappa shape index (κ2) is 9.74. The number of carbonyl (C=O) groups is 2. The Kier molecular flexibility index (Phi) is 6.56. The molecular formula is C26H30ClN3O3. The standard InChI is InChI=1S/C26H30ClN3O3/c27-20-6-3-5-19(16-20)26(32)30-23-7-2-1-4-18(23)17-24(30)25(31)28-21-8-10-22(11-9-21)29-12-14-33-15-13-29/h3,5-6,8-11,16,18,23-24H,1-2,4,7,12-15,17H2,(H,28,31). The van der Waals surface area contributed by atoms with E-state index in [1.54, 1.807) is 24.3 Å². The molecule has 1 aliphatic carbocycles. The number of hydrogen-bond acceptors (Lipinski definition) is 4. The van der Waals surface area contributed by atoms with Gasteiger partial charge in [-0.2, -0.15) is 0 Å². The number of carbonyl (C=O) groups excluding carboxylic acids is 2. The van der Waals surface area contributed by atoms with Gasteiger partial charge in [-0.25, -0.2) is 0 Å². The molecule has 2 aliphatic heterocycles. The van der Waals surface area contributed by atoms with E-state index in [-0.39, 0.29) is 17.9 Å². The van der Waals surface area contributed by atoms with Gasteiger partial charge < -0.3 is 19.9 Å². The lowest BCUT2D eigenvalue weighted by molar-refractivity contribution is -0.120. The summed E-state index contributed by atoms with van der Waals surface area (Å²) in [4.78, 5) is 31.0. The van der Waals surface area contributed by atoms with Crippen molar-refractivity contribution >= 4 is 34.8 Å². The summed E-state index contributed by atoms with van der Waals surface area (Å²) < 4.78 is 5.42. The highest BCUT2D eigenvalue weighted by Gasteiger charge is 2.47. The van der Waals surface area contributed by atoms with Gasteiger partial charge in [0.05, 0.1) is 13.2 Å². The van der Waals surface area contributed by atoms with Crippen molar-refractivity contribution in [2.45, 2.75) is 44.2 Å². The number of fused-ring (bicyclic) bond motifs is 1. The molecule has 3 fully saturated rings. The Morgan fingerprint density at radius 1 is 1.00 bits per heavy atom. The predicted molar refractivity (Wildman–Crippen MR) is 130 cm³/mol. The number of nitrogens with one attached hydrogen (secondary N) is 1. The monoisotopic (exact) mass is 467 g/mol. The summed E-state index contributed by atoms with van der Waals surface area (Å²) in [6.45, 7) is 3.21. The maximum absolute atomic E-state index is 13.5. The van der Waals surface area contributed by atoms with Crippen molar-refractivity contribution in [3.05, 3.63) is 59.1 Å². The van der Waals surface area contributed by atoms with E-state index in [1.165, 1.54) is 0 Å². The number of amides is 2. The molecule has 7 heteroatoms. The van der Waals surface area contributed by atoms with Crippen molar-refractivity contribution in [1.82, 2.24) is 4.90 Å². The normalized spacial score (nSPS) is 24.9. The highest BCUT2D eigenvalue weighted by Crippen LogP contribution is 2.41. The molecule has 6 nitrogen and oxygen atoms in total. The van der Waals surface area contributed by atoms with E-state index >= 15 is 0 Å². The van der Waals surface area contributed by atoms with Crippen LogP contribution in [0.3, 0.4) is 0 Å². The number of halogens is 1. The number of morpholine rings is 1. The van der Waals surface area contributed by atoms with E-state index in [4.69, 9.17) is 16.3 Å². The molecule has 5 rings (SSSR count). The van der Waals surface area contributed by atoms with Gasteiger partial charge in [-0.3, -0.25) is 9.59 Å². The second-order valence-electron chi connectivity index (χ2n) is 9.22. The third kappa shape index (κ3) is 4.73. The number of anilines is 2. The minimum Gasteiger partial charge on any atom is -0.378 e. The van der Waals surface area contributed by atoms with E-state index in [9.17, 15) is 9.59 Å². The number of hydrogen-bond donors (Lipinski definition) is 1. The Labute approximate surface area is 199 Å². The van der Waals surface area contributed by atoms with Crippen LogP contribution in [0.15, 0.2) is 48.5 Å². The summed E-state index contributed by atoms with van der Waals surface area (Å²) >= 11 is 6.15. The molecule has 2 aromatic rings. The number of benzene rings is 2. The van der Waals surface area contributed by atoms with Crippen molar-refractivity contribution in [3.63, 3.8) is 0 Å². The van der Waals surface area contributed by atoms with Crippen LogP contribution in [0.4, 0.5) is 11.4 Å². The lowest BCUT2D eigenvalue weighted by atomic mass is 9.84. The van der Waals surface area contributed by atoms with Crippen LogP contribution in [-0.4, -0.2) is 55.1 Å². The minimum absolute atomic E-state index is 0.102. The third-order valence-corrected chi connectivity index (χ3v) is 7.44. The first-order valence-corrected chi connectivity index (χ1v) is 12.3. The van der Waals surface area contributed by atoms with Crippen LogP contribution in [0.1, 0.15) is 42.5 Å². The Morgan fingerprint density at radius 2 is 1.76 bits per heavy atom. The van der Waals surface area contributed by atoms with Crippen LogP contribution in [0.5, 0.6) is 0 Å². The summed E-state index contributed by atoms with van der Waals surface area (Å²) in [5.41, 5.74) is 2.42. The predicted octanol–water partition coefficient (Wildman–Crippen LogP) is 4.59. The molecule has 33 heavy (non-hydrogen) atoms. The zero-order valence-corrected chi connectivity index (χ0v) is 19.5. The number of ether oxygens (including phenoxy) is 1. The van der Waals surface area contributed by atoms with Crippen LogP contribution in [0.2, 0.25) is 5.02 Å². The first-order chi connectivity index (χ1) is 16.1. The molecule has 1 N–H and O–H groups in total. The molecule has 2 aromatic carbocycles. The number of nitrogens with zero attached hydrogens (tertiary/aromatic N) is 2.